The molecule has 0 saturated carbocycles. The number of thiocarbonyl (C=S) groups is 1. The summed E-state index contributed by atoms with van der Waals surface area (Å²) in [5.41, 5.74) is 4.90. The number of aryl methyl sites for hydroxylation is 1. The number of benzene rings is 3. The van der Waals surface area contributed by atoms with Gasteiger partial charge in [0, 0.05) is 16.8 Å². The van der Waals surface area contributed by atoms with Crippen LogP contribution in [0.15, 0.2) is 78.9 Å². The van der Waals surface area contributed by atoms with Gasteiger partial charge in [-0.3, -0.25) is 0 Å². The fourth-order valence-electron chi connectivity index (χ4n) is 2.34. The number of hydrogen-bond donors (Lipinski definition) is 2. The molecule has 0 aliphatic carbocycles. The highest BCUT2D eigenvalue weighted by atomic mass is 32.1. The van der Waals surface area contributed by atoms with Crippen molar-refractivity contribution >= 4 is 28.7 Å². The van der Waals surface area contributed by atoms with Crippen molar-refractivity contribution in [3.8, 4) is 11.8 Å². The van der Waals surface area contributed by atoms with Gasteiger partial charge in [0.25, 0.3) is 0 Å². The average molecular weight is 342 g/mol. The molecule has 3 rings (SSSR count). The fourth-order valence-corrected chi connectivity index (χ4v) is 2.57. The molecule has 0 spiro atoms. The average Bonchev–Trinajstić information content (AvgIpc) is 2.63. The van der Waals surface area contributed by atoms with Crippen molar-refractivity contribution in [2.45, 2.75) is 6.92 Å². The predicted molar refractivity (Wildman–Crippen MR) is 110 cm³/mol. The van der Waals surface area contributed by atoms with Crippen LogP contribution in [0.1, 0.15) is 16.7 Å². The lowest BCUT2D eigenvalue weighted by Crippen LogP contribution is -2.19. The van der Waals surface area contributed by atoms with E-state index >= 15 is 0 Å². The zero-order valence-corrected chi connectivity index (χ0v) is 14.7. The van der Waals surface area contributed by atoms with Gasteiger partial charge in [-0.15, -0.1) is 0 Å². The molecule has 3 aromatic carbocycles. The van der Waals surface area contributed by atoms with Gasteiger partial charge in [0.1, 0.15) is 0 Å². The number of anilines is 2. The summed E-state index contributed by atoms with van der Waals surface area (Å²) in [6, 6.07) is 25.9. The molecule has 0 radical (unpaired) electrons. The molecule has 122 valence electrons. The molecule has 2 N–H and O–H groups in total. The Morgan fingerprint density at radius 3 is 2.20 bits per heavy atom. The van der Waals surface area contributed by atoms with Crippen LogP contribution < -0.4 is 10.6 Å². The summed E-state index contributed by atoms with van der Waals surface area (Å²) in [4.78, 5) is 0. The van der Waals surface area contributed by atoms with Crippen LogP contribution in [0.4, 0.5) is 11.4 Å². The highest BCUT2D eigenvalue weighted by Crippen LogP contribution is 2.17. The third kappa shape index (κ3) is 4.94. The van der Waals surface area contributed by atoms with Gasteiger partial charge in [-0.25, -0.2) is 0 Å². The summed E-state index contributed by atoms with van der Waals surface area (Å²) < 4.78 is 0. The Kier molecular flexibility index (Phi) is 5.46. The molecule has 25 heavy (non-hydrogen) atoms. The SMILES string of the molecule is Cc1ccc(NC(=S)Nc2ccccc2)c(C#Cc2ccccc2)c1. The summed E-state index contributed by atoms with van der Waals surface area (Å²) in [6.45, 7) is 2.05. The lowest BCUT2D eigenvalue weighted by Gasteiger charge is -2.12. The molecule has 3 aromatic rings. The van der Waals surface area contributed by atoms with Crippen molar-refractivity contribution in [1.82, 2.24) is 0 Å². The molecule has 3 heteroatoms. The third-order valence-electron chi connectivity index (χ3n) is 3.57. The van der Waals surface area contributed by atoms with Crippen molar-refractivity contribution in [1.29, 1.82) is 0 Å². The van der Waals surface area contributed by atoms with E-state index in [2.05, 4.69) is 35.5 Å². The smallest absolute Gasteiger partial charge is 0.175 e. The second-order valence-corrected chi connectivity index (χ2v) is 6.02. The van der Waals surface area contributed by atoms with Gasteiger partial charge in [-0.05, 0) is 61.1 Å². The highest BCUT2D eigenvalue weighted by molar-refractivity contribution is 7.80. The topological polar surface area (TPSA) is 24.1 Å². The van der Waals surface area contributed by atoms with Crippen molar-refractivity contribution < 1.29 is 0 Å². The van der Waals surface area contributed by atoms with Gasteiger partial charge in [-0.1, -0.05) is 54.3 Å². The van der Waals surface area contributed by atoms with Crippen LogP contribution in [0.5, 0.6) is 0 Å². The van der Waals surface area contributed by atoms with E-state index in [0.717, 1.165) is 28.1 Å². The molecular weight excluding hydrogens is 324 g/mol. The predicted octanol–water partition coefficient (Wildman–Crippen LogP) is 5.20. The van der Waals surface area contributed by atoms with Crippen molar-refractivity contribution in [2.75, 3.05) is 10.6 Å². The Balaban J connectivity index is 1.80. The summed E-state index contributed by atoms with van der Waals surface area (Å²) in [7, 11) is 0. The minimum atomic E-state index is 0.540. The van der Waals surface area contributed by atoms with Gasteiger partial charge in [0.2, 0.25) is 0 Å². The number of para-hydroxylation sites is 1. The van der Waals surface area contributed by atoms with E-state index in [9.17, 15) is 0 Å². The van der Waals surface area contributed by atoms with E-state index in [1.54, 1.807) is 0 Å². The second-order valence-electron chi connectivity index (χ2n) is 5.61. The molecule has 0 unspecified atom stereocenters. The van der Waals surface area contributed by atoms with Crippen molar-refractivity contribution in [3.63, 3.8) is 0 Å². The molecule has 0 heterocycles. The van der Waals surface area contributed by atoms with Gasteiger partial charge in [0.15, 0.2) is 5.11 Å². The maximum atomic E-state index is 5.42. The number of rotatable bonds is 2. The first-order chi connectivity index (χ1) is 12.2. The lowest BCUT2D eigenvalue weighted by atomic mass is 10.1. The van der Waals surface area contributed by atoms with E-state index in [0.29, 0.717) is 5.11 Å². The molecular formula is C22H18N2S. The molecule has 0 amide bonds. The zero-order chi connectivity index (χ0) is 17.5. The Morgan fingerprint density at radius 2 is 1.48 bits per heavy atom. The van der Waals surface area contributed by atoms with Crippen LogP contribution in [-0.4, -0.2) is 5.11 Å². The van der Waals surface area contributed by atoms with Crippen LogP contribution in [0.2, 0.25) is 0 Å². The summed E-state index contributed by atoms with van der Waals surface area (Å²) in [5.74, 6) is 6.44. The molecule has 0 aromatic heterocycles. The standard InChI is InChI=1S/C22H18N2S/c1-17-12-15-21(24-22(25)23-20-10-6-3-7-11-20)19(16-17)14-13-18-8-4-2-5-9-18/h2-12,15-16H,1H3,(H2,23,24,25). The largest absolute Gasteiger partial charge is 0.332 e. The normalized spacial score (nSPS) is 9.64. The second kappa shape index (κ2) is 8.14. The van der Waals surface area contributed by atoms with Crippen LogP contribution in [0, 0.1) is 18.8 Å². The fraction of sp³-hybridized carbons (Fsp3) is 0.0455. The molecule has 0 bridgehead atoms. The van der Waals surface area contributed by atoms with Crippen LogP contribution in [0.3, 0.4) is 0 Å². The van der Waals surface area contributed by atoms with E-state index in [1.165, 1.54) is 0 Å². The summed E-state index contributed by atoms with van der Waals surface area (Å²) >= 11 is 5.42. The van der Waals surface area contributed by atoms with Crippen LogP contribution >= 0.6 is 12.2 Å². The third-order valence-corrected chi connectivity index (χ3v) is 3.77. The van der Waals surface area contributed by atoms with Gasteiger partial charge < -0.3 is 10.6 Å². The Hall–Kier alpha value is -3.09. The summed E-state index contributed by atoms with van der Waals surface area (Å²) in [6.07, 6.45) is 0. The lowest BCUT2D eigenvalue weighted by molar-refractivity contribution is 1.44. The minimum Gasteiger partial charge on any atom is -0.332 e. The Labute approximate surface area is 153 Å². The quantitative estimate of drug-likeness (QED) is 0.494. The summed E-state index contributed by atoms with van der Waals surface area (Å²) in [5, 5.41) is 6.96. The minimum absolute atomic E-state index is 0.540. The molecule has 0 aliphatic heterocycles. The monoisotopic (exact) mass is 342 g/mol. The van der Waals surface area contributed by atoms with Crippen LogP contribution in [-0.2, 0) is 0 Å². The highest BCUT2D eigenvalue weighted by Gasteiger charge is 2.04. The van der Waals surface area contributed by atoms with Crippen LogP contribution in [0.25, 0.3) is 0 Å². The number of nitrogens with one attached hydrogen (secondary N) is 2. The number of hydrogen-bond acceptors (Lipinski definition) is 1. The first kappa shape index (κ1) is 16.8. The van der Waals surface area contributed by atoms with Crippen molar-refractivity contribution in [2.24, 2.45) is 0 Å². The van der Waals surface area contributed by atoms with Crippen molar-refractivity contribution in [3.05, 3.63) is 95.6 Å². The Bertz CT molecular complexity index is 922. The maximum absolute atomic E-state index is 5.42. The maximum Gasteiger partial charge on any atom is 0.175 e. The molecule has 0 atom stereocenters. The zero-order valence-electron chi connectivity index (χ0n) is 13.9. The van der Waals surface area contributed by atoms with E-state index in [4.69, 9.17) is 12.2 Å². The first-order valence-corrected chi connectivity index (χ1v) is 8.42. The first-order valence-electron chi connectivity index (χ1n) is 8.01. The molecule has 2 nitrogen and oxygen atoms in total. The van der Waals surface area contributed by atoms with Gasteiger partial charge in [0.05, 0.1) is 5.69 Å². The van der Waals surface area contributed by atoms with E-state index in [1.807, 2.05) is 72.8 Å². The van der Waals surface area contributed by atoms with E-state index < -0.39 is 0 Å². The van der Waals surface area contributed by atoms with Gasteiger partial charge in [-0.2, -0.15) is 0 Å². The Morgan fingerprint density at radius 1 is 0.800 bits per heavy atom. The molecule has 0 aliphatic rings. The molecule has 0 saturated heterocycles. The van der Waals surface area contributed by atoms with Gasteiger partial charge >= 0.3 is 0 Å². The van der Waals surface area contributed by atoms with E-state index in [-0.39, 0.29) is 0 Å². The molecule has 0 fully saturated rings.